The number of aryl methyl sites for hydroxylation is 1. The van der Waals surface area contributed by atoms with Crippen molar-refractivity contribution in [1.82, 2.24) is 0 Å². The molecular formula is C16H17NO5S. The van der Waals surface area contributed by atoms with Crippen LogP contribution in [-0.2, 0) is 10.1 Å². The third-order valence-electron chi connectivity index (χ3n) is 3.35. The summed E-state index contributed by atoms with van der Waals surface area (Å²) in [6.07, 6.45) is 0. The predicted molar refractivity (Wildman–Crippen MR) is 86.2 cm³/mol. The first kappa shape index (κ1) is 17.0. The van der Waals surface area contributed by atoms with Crippen LogP contribution in [0.2, 0.25) is 0 Å². The van der Waals surface area contributed by atoms with Crippen LogP contribution in [0.25, 0.3) is 0 Å². The van der Waals surface area contributed by atoms with E-state index >= 15 is 0 Å². The first-order valence-corrected chi connectivity index (χ1v) is 8.41. The van der Waals surface area contributed by atoms with E-state index in [9.17, 15) is 18.5 Å². The van der Waals surface area contributed by atoms with Crippen LogP contribution in [-0.4, -0.2) is 13.3 Å². The number of hydrogen-bond acceptors (Lipinski definition) is 5. The fraction of sp³-hybridized carbons (Fsp3) is 0.250. The van der Waals surface area contributed by atoms with Crippen molar-refractivity contribution in [3.63, 3.8) is 0 Å². The summed E-state index contributed by atoms with van der Waals surface area (Å²) >= 11 is 0. The number of nitrogens with zero attached hydrogens (tertiary/aromatic N) is 1. The number of benzene rings is 2. The maximum absolute atomic E-state index is 12.3. The highest BCUT2D eigenvalue weighted by Crippen LogP contribution is 2.30. The van der Waals surface area contributed by atoms with Gasteiger partial charge in [-0.15, -0.1) is 0 Å². The van der Waals surface area contributed by atoms with Gasteiger partial charge in [0.1, 0.15) is 4.90 Å². The lowest BCUT2D eigenvalue weighted by Gasteiger charge is -2.09. The van der Waals surface area contributed by atoms with Crippen molar-refractivity contribution in [2.45, 2.75) is 31.6 Å². The van der Waals surface area contributed by atoms with Crippen molar-refractivity contribution in [2.24, 2.45) is 0 Å². The Labute approximate surface area is 135 Å². The molecule has 0 bridgehead atoms. The van der Waals surface area contributed by atoms with Gasteiger partial charge in [-0.05, 0) is 42.2 Å². The van der Waals surface area contributed by atoms with Crippen molar-refractivity contribution in [2.75, 3.05) is 0 Å². The molecule has 0 atom stereocenters. The summed E-state index contributed by atoms with van der Waals surface area (Å²) in [5.74, 6) is -0.0283. The summed E-state index contributed by atoms with van der Waals surface area (Å²) in [5.41, 5.74) is 1.25. The molecule has 23 heavy (non-hydrogen) atoms. The van der Waals surface area contributed by atoms with E-state index in [4.69, 9.17) is 4.18 Å². The zero-order valence-electron chi connectivity index (χ0n) is 13.0. The minimum absolute atomic E-state index is 0.0447. The van der Waals surface area contributed by atoms with Crippen LogP contribution in [0, 0.1) is 17.0 Å². The van der Waals surface area contributed by atoms with Crippen LogP contribution >= 0.6 is 0 Å². The SMILES string of the molecule is Cc1ccc(OS(=O)(=O)c2ccc(C(C)C)cc2)c([N+](=O)[O-])c1. The van der Waals surface area contributed by atoms with Gasteiger partial charge < -0.3 is 4.18 Å². The van der Waals surface area contributed by atoms with Crippen molar-refractivity contribution in [3.05, 3.63) is 63.7 Å². The Bertz CT molecular complexity index is 826. The van der Waals surface area contributed by atoms with E-state index in [1.54, 1.807) is 25.1 Å². The topological polar surface area (TPSA) is 86.5 Å². The second-order valence-corrected chi connectivity index (χ2v) is 7.04. The summed E-state index contributed by atoms with van der Waals surface area (Å²) < 4.78 is 29.6. The highest BCUT2D eigenvalue weighted by molar-refractivity contribution is 7.87. The number of hydrogen-bond donors (Lipinski definition) is 0. The Balaban J connectivity index is 2.37. The van der Waals surface area contributed by atoms with Crippen molar-refractivity contribution in [1.29, 1.82) is 0 Å². The minimum Gasteiger partial charge on any atom is -0.372 e. The molecule has 0 spiro atoms. The van der Waals surface area contributed by atoms with Gasteiger partial charge in [0, 0.05) is 6.07 Å². The molecule has 7 heteroatoms. The number of rotatable bonds is 5. The van der Waals surface area contributed by atoms with E-state index in [2.05, 4.69) is 0 Å². The molecule has 0 saturated carbocycles. The molecule has 122 valence electrons. The third kappa shape index (κ3) is 3.87. The van der Waals surface area contributed by atoms with Crippen LogP contribution in [0.3, 0.4) is 0 Å². The van der Waals surface area contributed by atoms with Gasteiger partial charge in [-0.3, -0.25) is 10.1 Å². The average molecular weight is 335 g/mol. The molecule has 0 aliphatic carbocycles. The van der Waals surface area contributed by atoms with Gasteiger partial charge in [0.05, 0.1) is 4.92 Å². The lowest BCUT2D eigenvalue weighted by atomic mass is 10.0. The third-order valence-corrected chi connectivity index (χ3v) is 4.59. The van der Waals surface area contributed by atoms with Crippen molar-refractivity contribution < 1.29 is 17.5 Å². The quantitative estimate of drug-likeness (QED) is 0.471. The van der Waals surface area contributed by atoms with Gasteiger partial charge in [-0.25, -0.2) is 0 Å². The summed E-state index contributed by atoms with van der Waals surface area (Å²) in [6, 6.07) is 10.4. The Morgan fingerprint density at radius 1 is 1.09 bits per heavy atom. The monoisotopic (exact) mass is 335 g/mol. The summed E-state index contributed by atoms with van der Waals surface area (Å²) in [5, 5.41) is 11.0. The van der Waals surface area contributed by atoms with Crippen molar-refractivity contribution in [3.8, 4) is 5.75 Å². The highest BCUT2D eigenvalue weighted by Gasteiger charge is 2.23. The van der Waals surface area contributed by atoms with E-state index in [0.29, 0.717) is 5.56 Å². The highest BCUT2D eigenvalue weighted by atomic mass is 32.2. The maximum Gasteiger partial charge on any atom is 0.339 e. The van der Waals surface area contributed by atoms with Crippen molar-refractivity contribution >= 4 is 15.8 Å². The first-order valence-electron chi connectivity index (χ1n) is 7.00. The fourth-order valence-electron chi connectivity index (χ4n) is 2.03. The van der Waals surface area contributed by atoms with Gasteiger partial charge in [0.25, 0.3) is 0 Å². The molecular weight excluding hydrogens is 318 g/mol. The molecule has 0 amide bonds. The lowest BCUT2D eigenvalue weighted by Crippen LogP contribution is -2.11. The zero-order valence-corrected chi connectivity index (χ0v) is 13.8. The lowest BCUT2D eigenvalue weighted by molar-refractivity contribution is -0.385. The second-order valence-electron chi connectivity index (χ2n) is 5.49. The summed E-state index contributed by atoms with van der Waals surface area (Å²) in [4.78, 5) is 10.3. The molecule has 0 unspecified atom stereocenters. The molecule has 0 aliphatic rings. The Kier molecular flexibility index (Phi) is 4.70. The standard InChI is InChI=1S/C16H17NO5S/c1-11(2)13-5-7-14(8-6-13)23(20,21)22-16-9-4-12(3)10-15(16)17(18)19/h4-11H,1-3H3. The summed E-state index contributed by atoms with van der Waals surface area (Å²) in [7, 11) is -4.13. The van der Waals surface area contributed by atoms with Gasteiger partial charge in [-0.2, -0.15) is 8.42 Å². The van der Waals surface area contributed by atoms with E-state index in [1.807, 2.05) is 13.8 Å². The molecule has 6 nitrogen and oxygen atoms in total. The van der Waals surface area contributed by atoms with Crippen LogP contribution in [0.4, 0.5) is 5.69 Å². The zero-order chi connectivity index (χ0) is 17.2. The van der Waals surface area contributed by atoms with Gasteiger partial charge in [-0.1, -0.05) is 32.0 Å². The summed E-state index contributed by atoms with van der Waals surface area (Å²) in [6.45, 7) is 5.67. The van der Waals surface area contributed by atoms with E-state index in [0.717, 1.165) is 5.56 Å². The molecule has 0 aliphatic heterocycles. The Hall–Kier alpha value is -2.41. The minimum atomic E-state index is -4.13. The van der Waals surface area contributed by atoms with E-state index in [-0.39, 0.29) is 22.3 Å². The smallest absolute Gasteiger partial charge is 0.339 e. The molecule has 0 fully saturated rings. The molecule has 0 radical (unpaired) electrons. The van der Waals surface area contributed by atoms with Crippen LogP contribution in [0.15, 0.2) is 47.4 Å². The Morgan fingerprint density at radius 2 is 1.70 bits per heavy atom. The van der Waals surface area contributed by atoms with E-state index in [1.165, 1.54) is 24.3 Å². The molecule has 2 aromatic carbocycles. The Morgan fingerprint density at radius 3 is 2.22 bits per heavy atom. The average Bonchev–Trinajstić information content (AvgIpc) is 2.48. The van der Waals surface area contributed by atoms with Gasteiger partial charge in [0.2, 0.25) is 5.75 Å². The van der Waals surface area contributed by atoms with Gasteiger partial charge in [0.15, 0.2) is 0 Å². The number of nitro groups is 1. The normalized spacial score (nSPS) is 11.5. The molecule has 0 N–H and O–H groups in total. The fourth-order valence-corrected chi connectivity index (χ4v) is 2.97. The predicted octanol–water partition coefficient (Wildman–Crippen LogP) is 3.79. The van der Waals surface area contributed by atoms with Gasteiger partial charge >= 0.3 is 15.8 Å². The van der Waals surface area contributed by atoms with Crippen LogP contribution in [0.1, 0.15) is 30.9 Å². The first-order chi connectivity index (χ1) is 10.7. The maximum atomic E-state index is 12.3. The molecule has 0 aromatic heterocycles. The number of nitro benzene ring substituents is 1. The molecule has 0 heterocycles. The second kappa shape index (κ2) is 6.37. The molecule has 0 saturated heterocycles. The largest absolute Gasteiger partial charge is 0.372 e. The molecule has 2 rings (SSSR count). The molecule has 2 aromatic rings. The van der Waals surface area contributed by atoms with Crippen LogP contribution < -0.4 is 4.18 Å². The van der Waals surface area contributed by atoms with Crippen LogP contribution in [0.5, 0.6) is 5.75 Å². The van der Waals surface area contributed by atoms with E-state index < -0.39 is 15.0 Å².